The van der Waals surface area contributed by atoms with Gasteiger partial charge in [0.2, 0.25) is 5.89 Å². The van der Waals surface area contributed by atoms with Crippen LogP contribution in [0.5, 0.6) is 5.75 Å². The second-order valence-corrected chi connectivity index (χ2v) is 3.93. The van der Waals surface area contributed by atoms with Gasteiger partial charge in [-0.25, -0.2) is 0 Å². The average Bonchev–Trinajstić information content (AvgIpc) is 2.75. The molecular formula is C9H6IN3O4. The van der Waals surface area contributed by atoms with Crippen molar-refractivity contribution in [3.8, 4) is 17.2 Å². The Balaban J connectivity index is 2.48. The molecule has 2 aromatic rings. The maximum absolute atomic E-state index is 10.7. The SMILES string of the molecule is COc1cc(-c2nnc(I)o2)ccc1[N+](=O)[O-]. The lowest BCUT2D eigenvalue weighted by molar-refractivity contribution is -0.385. The van der Waals surface area contributed by atoms with Crippen molar-refractivity contribution < 1.29 is 14.1 Å². The fraction of sp³-hybridized carbons (Fsp3) is 0.111. The number of nitro benzene ring substituents is 1. The zero-order valence-electron chi connectivity index (χ0n) is 8.58. The second-order valence-electron chi connectivity index (χ2n) is 3.00. The maximum atomic E-state index is 10.7. The molecule has 0 radical (unpaired) electrons. The summed E-state index contributed by atoms with van der Waals surface area (Å²) >= 11 is 1.88. The van der Waals surface area contributed by atoms with Crippen LogP contribution in [0.4, 0.5) is 5.69 Å². The van der Waals surface area contributed by atoms with E-state index in [1.165, 1.54) is 25.3 Å². The molecule has 0 saturated carbocycles. The first-order valence-electron chi connectivity index (χ1n) is 4.43. The van der Waals surface area contributed by atoms with Gasteiger partial charge in [-0.15, -0.1) is 10.2 Å². The Kier molecular flexibility index (Phi) is 3.22. The van der Waals surface area contributed by atoms with Crippen molar-refractivity contribution in [2.45, 2.75) is 0 Å². The highest BCUT2D eigenvalue weighted by molar-refractivity contribution is 14.1. The number of benzene rings is 1. The quantitative estimate of drug-likeness (QED) is 0.481. The summed E-state index contributed by atoms with van der Waals surface area (Å²) in [7, 11) is 1.36. The van der Waals surface area contributed by atoms with Crippen LogP contribution in [-0.2, 0) is 0 Å². The Morgan fingerprint density at radius 3 is 2.76 bits per heavy atom. The molecule has 1 aromatic heterocycles. The fourth-order valence-electron chi connectivity index (χ4n) is 1.28. The number of rotatable bonds is 3. The zero-order valence-corrected chi connectivity index (χ0v) is 10.7. The Hall–Kier alpha value is -1.71. The molecule has 0 spiro atoms. The van der Waals surface area contributed by atoms with Crippen LogP contribution in [0.3, 0.4) is 0 Å². The van der Waals surface area contributed by atoms with E-state index in [1.807, 2.05) is 22.6 Å². The van der Waals surface area contributed by atoms with Crippen molar-refractivity contribution in [3.63, 3.8) is 0 Å². The van der Waals surface area contributed by atoms with Crippen LogP contribution in [0.1, 0.15) is 0 Å². The molecule has 0 aliphatic heterocycles. The Labute approximate surface area is 109 Å². The van der Waals surface area contributed by atoms with Gasteiger partial charge in [-0.3, -0.25) is 10.1 Å². The molecule has 0 aliphatic carbocycles. The van der Waals surface area contributed by atoms with Gasteiger partial charge in [-0.2, -0.15) is 0 Å². The number of ether oxygens (including phenoxy) is 1. The summed E-state index contributed by atoms with van der Waals surface area (Å²) in [5.41, 5.74) is 0.466. The summed E-state index contributed by atoms with van der Waals surface area (Å²) in [6, 6.07) is 4.36. The van der Waals surface area contributed by atoms with Crippen LogP contribution in [0.2, 0.25) is 0 Å². The third-order valence-corrected chi connectivity index (χ3v) is 2.46. The summed E-state index contributed by atoms with van der Waals surface area (Å²) in [6.45, 7) is 0. The minimum atomic E-state index is -0.514. The van der Waals surface area contributed by atoms with E-state index in [1.54, 1.807) is 0 Å². The van der Waals surface area contributed by atoms with Crippen LogP contribution >= 0.6 is 22.6 Å². The number of halogens is 1. The van der Waals surface area contributed by atoms with Gasteiger partial charge in [0.15, 0.2) is 5.75 Å². The lowest BCUT2D eigenvalue weighted by Gasteiger charge is -2.02. The van der Waals surface area contributed by atoms with E-state index < -0.39 is 4.92 Å². The number of hydrogen-bond acceptors (Lipinski definition) is 6. The van der Waals surface area contributed by atoms with Gasteiger partial charge in [0, 0.05) is 40.3 Å². The predicted molar refractivity (Wildman–Crippen MR) is 65.7 cm³/mol. The van der Waals surface area contributed by atoms with Crippen molar-refractivity contribution in [3.05, 3.63) is 32.2 Å². The van der Waals surface area contributed by atoms with Gasteiger partial charge in [0.25, 0.3) is 3.90 Å². The van der Waals surface area contributed by atoms with Crippen molar-refractivity contribution >= 4 is 28.3 Å². The van der Waals surface area contributed by atoms with Crippen molar-refractivity contribution in [2.24, 2.45) is 0 Å². The first-order chi connectivity index (χ1) is 8.11. The maximum Gasteiger partial charge on any atom is 0.310 e. The van der Waals surface area contributed by atoms with Crippen molar-refractivity contribution in [1.29, 1.82) is 0 Å². The molecule has 0 unspecified atom stereocenters. The number of nitro groups is 1. The van der Waals surface area contributed by atoms with Gasteiger partial charge >= 0.3 is 5.69 Å². The lowest BCUT2D eigenvalue weighted by Crippen LogP contribution is -1.94. The number of aromatic nitrogens is 2. The summed E-state index contributed by atoms with van der Waals surface area (Å²) in [6.07, 6.45) is 0. The Bertz CT molecular complexity index is 569. The molecule has 0 N–H and O–H groups in total. The minimum absolute atomic E-state index is 0.106. The van der Waals surface area contributed by atoms with Crippen molar-refractivity contribution in [1.82, 2.24) is 10.2 Å². The molecule has 1 aromatic carbocycles. The van der Waals surface area contributed by atoms with E-state index in [4.69, 9.17) is 9.15 Å². The van der Waals surface area contributed by atoms with Gasteiger partial charge in [0.05, 0.1) is 12.0 Å². The molecule has 0 saturated heterocycles. The van der Waals surface area contributed by atoms with E-state index >= 15 is 0 Å². The van der Waals surface area contributed by atoms with Gasteiger partial charge in [0.1, 0.15) is 0 Å². The topological polar surface area (TPSA) is 91.3 Å². The van der Waals surface area contributed by atoms with E-state index in [0.717, 1.165) is 0 Å². The molecule has 0 bridgehead atoms. The normalized spacial score (nSPS) is 10.2. The third-order valence-electron chi connectivity index (χ3n) is 2.02. The number of nitrogens with zero attached hydrogens (tertiary/aromatic N) is 3. The molecule has 1 heterocycles. The van der Waals surface area contributed by atoms with Crippen LogP contribution in [-0.4, -0.2) is 22.2 Å². The molecule has 0 atom stereocenters. The Morgan fingerprint density at radius 2 is 2.24 bits per heavy atom. The second kappa shape index (κ2) is 4.65. The predicted octanol–water partition coefficient (Wildman–Crippen LogP) is 2.26. The van der Waals surface area contributed by atoms with E-state index in [2.05, 4.69) is 10.2 Å². The molecule has 0 amide bonds. The number of methoxy groups -OCH3 is 1. The van der Waals surface area contributed by atoms with Crippen molar-refractivity contribution in [2.75, 3.05) is 7.11 Å². The first kappa shape index (κ1) is 11.8. The van der Waals surface area contributed by atoms with Gasteiger partial charge in [-0.1, -0.05) is 0 Å². The van der Waals surface area contributed by atoms with Crippen LogP contribution in [0, 0.1) is 14.0 Å². The summed E-state index contributed by atoms with van der Waals surface area (Å²) < 4.78 is 10.5. The third kappa shape index (κ3) is 2.35. The zero-order chi connectivity index (χ0) is 12.4. The molecule has 0 aliphatic rings. The van der Waals surface area contributed by atoms with Crippen LogP contribution in [0.25, 0.3) is 11.5 Å². The largest absolute Gasteiger partial charge is 0.490 e. The lowest BCUT2D eigenvalue weighted by atomic mass is 10.2. The average molecular weight is 347 g/mol. The highest BCUT2D eigenvalue weighted by atomic mass is 127. The number of hydrogen-bond donors (Lipinski definition) is 0. The Morgan fingerprint density at radius 1 is 1.47 bits per heavy atom. The van der Waals surface area contributed by atoms with E-state index in [9.17, 15) is 10.1 Å². The van der Waals surface area contributed by atoms with E-state index in [0.29, 0.717) is 15.4 Å². The van der Waals surface area contributed by atoms with E-state index in [-0.39, 0.29) is 11.4 Å². The molecular weight excluding hydrogens is 341 g/mol. The van der Waals surface area contributed by atoms with Crippen LogP contribution < -0.4 is 4.74 Å². The molecule has 7 nitrogen and oxygen atoms in total. The standard InChI is InChI=1S/C9H6IN3O4/c1-16-7-4-5(2-3-6(7)13(14)15)8-11-12-9(10)17-8/h2-4H,1H3. The van der Waals surface area contributed by atoms with Gasteiger partial charge < -0.3 is 9.15 Å². The smallest absolute Gasteiger partial charge is 0.310 e. The molecule has 17 heavy (non-hydrogen) atoms. The summed E-state index contributed by atoms with van der Waals surface area (Å²) in [5.74, 6) is 0.448. The first-order valence-corrected chi connectivity index (χ1v) is 5.51. The highest BCUT2D eigenvalue weighted by Gasteiger charge is 2.17. The summed E-state index contributed by atoms with van der Waals surface area (Å²) in [4.78, 5) is 10.2. The fourth-order valence-corrected chi connectivity index (χ4v) is 1.60. The van der Waals surface area contributed by atoms with Crippen LogP contribution in [0.15, 0.2) is 22.6 Å². The highest BCUT2D eigenvalue weighted by Crippen LogP contribution is 2.31. The molecule has 0 fully saturated rings. The monoisotopic (exact) mass is 347 g/mol. The van der Waals surface area contributed by atoms with Gasteiger partial charge in [-0.05, 0) is 6.07 Å². The molecule has 2 rings (SSSR count). The molecule has 88 valence electrons. The summed E-state index contributed by atoms with van der Waals surface area (Å²) in [5, 5.41) is 18.2. The minimum Gasteiger partial charge on any atom is -0.490 e. The molecule has 8 heteroatoms.